The summed E-state index contributed by atoms with van der Waals surface area (Å²) in [6.07, 6.45) is 3.81. The van der Waals surface area contributed by atoms with Crippen molar-refractivity contribution in [3.63, 3.8) is 0 Å². The zero-order valence-corrected chi connectivity index (χ0v) is 21.1. The fourth-order valence-electron chi connectivity index (χ4n) is 5.23. The smallest absolute Gasteiger partial charge is 0.264 e. The van der Waals surface area contributed by atoms with E-state index in [2.05, 4.69) is 32.8 Å². The monoisotopic (exact) mass is 476 g/mol. The number of sulfonamides is 1. The van der Waals surface area contributed by atoms with Gasteiger partial charge in [0.25, 0.3) is 10.0 Å². The van der Waals surface area contributed by atoms with Crippen molar-refractivity contribution < 1.29 is 13.3 Å². The first-order valence-electron chi connectivity index (χ1n) is 11.2. The molecule has 0 aliphatic carbocycles. The molecule has 0 bridgehead atoms. The number of halogens is 1. The van der Waals surface area contributed by atoms with Gasteiger partial charge in [0.2, 0.25) is 0 Å². The molecule has 7 heteroatoms. The molecular weight excluding hydrogens is 444 g/mol. The highest BCUT2D eigenvalue weighted by atomic mass is 35.5. The van der Waals surface area contributed by atoms with E-state index in [9.17, 15) is 8.42 Å². The number of benzene rings is 2. The molecule has 0 spiro atoms. The Morgan fingerprint density at radius 3 is 2.28 bits per heavy atom. The van der Waals surface area contributed by atoms with Crippen LogP contribution in [0, 0.1) is 6.92 Å². The zero-order chi connectivity index (χ0) is 23.3. The lowest BCUT2D eigenvalue weighted by atomic mass is 9.82. The summed E-state index contributed by atoms with van der Waals surface area (Å²) in [4.78, 5) is 6.72. The third-order valence-corrected chi connectivity index (χ3v) is 8.83. The third-order valence-electron chi connectivity index (χ3n) is 6.72. The number of rotatable bonds is 5. The highest BCUT2D eigenvalue weighted by molar-refractivity contribution is 7.92. The standard InChI is InChI=1S/C25H33ClN2O3S/c1-18-7-10-22(11-8-18)32(29,30)27-21(16-19-15-20(26)9-12-23(19)27)17-31-28-24(2,3)13-6-14-25(28,4)5/h7-12,15,21H,6,13-14,16-17H2,1-5H3/t21-/m0/s1. The van der Waals surface area contributed by atoms with Crippen molar-refractivity contribution in [1.82, 2.24) is 5.06 Å². The molecule has 0 aromatic heterocycles. The molecule has 0 N–H and O–H groups in total. The molecule has 0 amide bonds. The van der Waals surface area contributed by atoms with Gasteiger partial charge in [-0.05, 0) is 96.2 Å². The average molecular weight is 477 g/mol. The molecule has 5 nitrogen and oxygen atoms in total. The predicted molar refractivity (Wildman–Crippen MR) is 130 cm³/mol. The molecule has 1 atom stereocenters. The van der Waals surface area contributed by atoms with E-state index in [-0.39, 0.29) is 28.6 Å². The van der Waals surface area contributed by atoms with Gasteiger partial charge in [-0.15, -0.1) is 0 Å². The summed E-state index contributed by atoms with van der Waals surface area (Å²) in [5.74, 6) is 0. The van der Waals surface area contributed by atoms with Crippen molar-refractivity contribution in [1.29, 1.82) is 0 Å². The van der Waals surface area contributed by atoms with Crippen LogP contribution in [0.4, 0.5) is 5.69 Å². The lowest BCUT2D eigenvalue weighted by Crippen LogP contribution is -2.59. The summed E-state index contributed by atoms with van der Waals surface area (Å²) in [7, 11) is -3.75. The minimum Gasteiger partial charge on any atom is -0.296 e. The summed E-state index contributed by atoms with van der Waals surface area (Å²) in [5.41, 5.74) is 2.40. The molecule has 174 valence electrons. The number of nitrogens with zero attached hydrogens (tertiary/aromatic N) is 2. The highest BCUT2D eigenvalue weighted by Crippen LogP contribution is 2.41. The quantitative estimate of drug-likeness (QED) is 0.551. The van der Waals surface area contributed by atoms with E-state index in [1.54, 1.807) is 24.3 Å². The Hall–Kier alpha value is -1.60. The van der Waals surface area contributed by atoms with Crippen LogP contribution in [-0.4, -0.2) is 37.2 Å². The van der Waals surface area contributed by atoms with Crippen LogP contribution in [0.2, 0.25) is 5.02 Å². The van der Waals surface area contributed by atoms with E-state index in [0.29, 0.717) is 17.1 Å². The number of anilines is 1. The number of aryl methyl sites for hydroxylation is 1. The first-order valence-corrected chi connectivity index (χ1v) is 13.1. The maximum absolute atomic E-state index is 13.7. The Balaban J connectivity index is 1.67. The molecule has 0 saturated carbocycles. The average Bonchev–Trinajstić information content (AvgIpc) is 3.05. The van der Waals surface area contributed by atoms with Crippen molar-refractivity contribution in [3.8, 4) is 0 Å². The summed E-state index contributed by atoms with van der Waals surface area (Å²) in [6, 6.07) is 12.1. The minimum absolute atomic E-state index is 0.114. The van der Waals surface area contributed by atoms with Crippen LogP contribution >= 0.6 is 11.6 Å². The van der Waals surface area contributed by atoms with Gasteiger partial charge in [0.1, 0.15) is 0 Å². The molecular formula is C25H33ClN2O3S. The van der Waals surface area contributed by atoms with Crippen molar-refractivity contribution in [2.45, 2.75) is 82.3 Å². The number of hydroxylamine groups is 2. The number of hydrogen-bond donors (Lipinski definition) is 0. The van der Waals surface area contributed by atoms with Crippen LogP contribution in [-0.2, 0) is 21.3 Å². The van der Waals surface area contributed by atoms with Crippen molar-refractivity contribution in [3.05, 3.63) is 58.6 Å². The van der Waals surface area contributed by atoms with Gasteiger partial charge in [0.05, 0.1) is 23.2 Å². The van der Waals surface area contributed by atoms with Gasteiger partial charge in [-0.1, -0.05) is 29.3 Å². The van der Waals surface area contributed by atoms with Crippen molar-refractivity contribution in [2.24, 2.45) is 0 Å². The molecule has 32 heavy (non-hydrogen) atoms. The fraction of sp³-hybridized carbons (Fsp3) is 0.520. The van der Waals surface area contributed by atoms with Crippen LogP contribution in [0.15, 0.2) is 47.4 Å². The molecule has 1 saturated heterocycles. The van der Waals surface area contributed by atoms with Crippen LogP contribution in [0.5, 0.6) is 0 Å². The molecule has 2 aliphatic heterocycles. The maximum atomic E-state index is 13.7. The number of piperidine rings is 1. The molecule has 0 unspecified atom stereocenters. The molecule has 0 radical (unpaired) electrons. The summed E-state index contributed by atoms with van der Waals surface area (Å²) < 4.78 is 29.0. The number of fused-ring (bicyclic) bond motifs is 1. The topological polar surface area (TPSA) is 49.9 Å². The second-order valence-electron chi connectivity index (χ2n) is 10.3. The lowest BCUT2D eigenvalue weighted by molar-refractivity contribution is -0.282. The largest absolute Gasteiger partial charge is 0.296 e. The van der Waals surface area contributed by atoms with Crippen molar-refractivity contribution >= 4 is 27.3 Å². The predicted octanol–water partition coefficient (Wildman–Crippen LogP) is 5.74. The first kappa shape index (κ1) is 23.6. The van der Waals surface area contributed by atoms with Gasteiger partial charge >= 0.3 is 0 Å². The van der Waals surface area contributed by atoms with E-state index in [0.717, 1.165) is 30.4 Å². The van der Waals surface area contributed by atoms with Crippen LogP contribution in [0.25, 0.3) is 0 Å². The Bertz CT molecular complexity index is 1080. The molecule has 2 heterocycles. The Kier molecular flexibility index (Phi) is 6.12. The number of hydrogen-bond acceptors (Lipinski definition) is 4. The molecule has 2 aromatic carbocycles. The van der Waals surface area contributed by atoms with Gasteiger partial charge in [-0.3, -0.25) is 9.14 Å². The van der Waals surface area contributed by atoms with E-state index in [1.807, 2.05) is 25.1 Å². The maximum Gasteiger partial charge on any atom is 0.264 e. The van der Waals surface area contributed by atoms with Crippen LogP contribution in [0.3, 0.4) is 0 Å². The Morgan fingerprint density at radius 2 is 1.66 bits per heavy atom. The molecule has 1 fully saturated rings. The van der Waals surface area contributed by atoms with Crippen LogP contribution < -0.4 is 4.31 Å². The highest BCUT2D eigenvalue weighted by Gasteiger charge is 2.44. The van der Waals surface area contributed by atoms with E-state index in [1.165, 1.54) is 4.31 Å². The SMILES string of the molecule is Cc1ccc(S(=O)(=O)N2c3ccc(Cl)cc3C[C@H]2CON2C(C)(C)CCCC2(C)C)cc1. The normalized spacial score (nSPS) is 22.7. The molecule has 2 aromatic rings. The second-order valence-corrected chi connectivity index (χ2v) is 12.6. The summed E-state index contributed by atoms with van der Waals surface area (Å²) in [6.45, 7) is 11.0. The van der Waals surface area contributed by atoms with E-state index < -0.39 is 10.0 Å². The van der Waals surface area contributed by atoms with Crippen LogP contribution in [0.1, 0.15) is 58.1 Å². The Labute approximate surface area is 197 Å². The fourth-order valence-corrected chi connectivity index (χ4v) is 7.10. The van der Waals surface area contributed by atoms with Crippen molar-refractivity contribution in [2.75, 3.05) is 10.9 Å². The van der Waals surface area contributed by atoms with E-state index in [4.69, 9.17) is 16.4 Å². The van der Waals surface area contributed by atoms with Gasteiger partial charge in [-0.25, -0.2) is 8.42 Å². The summed E-state index contributed by atoms with van der Waals surface area (Å²) in [5, 5.41) is 2.70. The second kappa shape index (κ2) is 8.32. The molecule has 4 rings (SSSR count). The zero-order valence-electron chi connectivity index (χ0n) is 19.6. The lowest BCUT2D eigenvalue weighted by Gasteiger charge is -2.51. The van der Waals surface area contributed by atoms with Gasteiger partial charge < -0.3 is 0 Å². The first-order chi connectivity index (χ1) is 14.9. The Morgan fingerprint density at radius 1 is 1.03 bits per heavy atom. The minimum atomic E-state index is -3.75. The van der Waals surface area contributed by atoms with E-state index >= 15 is 0 Å². The third kappa shape index (κ3) is 4.30. The summed E-state index contributed by atoms with van der Waals surface area (Å²) >= 11 is 6.23. The van der Waals surface area contributed by atoms with Gasteiger partial charge in [0.15, 0.2) is 0 Å². The molecule has 2 aliphatic rings. The van der Waals surface area contributed by atoms with Gasteiger partial charge in [0, 0.05) is 16.1 Å². The van der Waals surface area contributed by atoms with Gasteiger partial charge in [-0.2, -0.15) is 5.06 Å².